The minimum atomic E-state index is 0.0247. The predicted molar refractivity (Wildman–Crippen MR) is 61.2 cm³/mol. The van der Waals surface area contributed by atoms with Crippen molar-refractivity contribution in [1.82, 2.24) is 9.97 Å². The first-order chi connectivity index (χ1) is 7.75. The Morgan fingerprint density at radius 3 is 2.62 bits per heavy atom. The number of hydrogen-bond acceptors (Lipinski definition) is 3. The first-order valence-electron chi connectivity index (χ1n) is 5.12. The molecule has 0 fully saturated rings. The third kappa shape index (κ3) is 2.51. The molecule has 1 heterocycles. The smallest absolute Gasteiger partial charge is 0.185 e. The van der Waals surface area contributed by atoms with E-state index in [9.17, 15) is 4.79 Å². The molecule has 0 bridgehead atoms. The summed E-state index contributed by atoms with van der Waals surface area (Å²) in [5.41, 5.74) is 1.49. The van der Waals surface area contributed by atoms with Crippen LogP contribution >= 0.6 is 0 Å². The van der Waals surface area contributed by atoms with Gasteiger partial charge in [0.25, 0.3) is 0 Å². The van der Waals surface area contributed by atoms with Gasteiger partial charge in [-0.15, -0.1) is 0 Å². The van der Waals surface area contributed by atoms with Crippen LogP contribution in [0.3, 0.4) is 0 Å². The number of rotatable bonds is 3. The third-order valence-corrected chi connectivity index (χ3v) is 2.27. The van der Waals surface area contributed by atoms with E-state index in [1.54, 1.807) is 19.2 Å². The minimum Gasteiger partial charge on any atom is -0.292 e. The largest absolute Gasteiger partial charge is 0.292 e. The zero-order chi connectivity index (χ0) is 11.4. The molecule has 0 N–H and O–H groups in total. The van der Waals surface area contributed by atoms with E-state index in [-0.39, 0.29) is 5.78 Å². The van der Waals surface area contributed by atoms with Crippen LogP contribution in [0.15, 0.2) is 42.6 Å². The predicted octanol–water partition coefficient (Wildman–Crippen LogP) is 2.21. The monoisotopic (exact) mass is 212 g/mol. The maximum atomic E-state index is 11.9. The van der Waals surface area contributed by atoms with Crippen molar-refractivity contribution in [2.24, 2.45) is 0 Å². The van der Waals surface area contributed by atoms with Crippen molar-refractivity contribution in [2.75, 3.05) is 0 Å². The molecule has 0 amide bonds. The van der Waals surface area contributed by atoms with E-state index in [0.717, 1.165) is 5.56 Å². The van der Waals surface area contributed by atoms with Gasteiger partial charge in [0.1, 0.15) is 11.5 Å². The Bertz CT molecular complexity index is 494. The maximum absolute atomic E-state index is 11.9. The fourth-order valence-corrected chi connectivity index (χ4v) is 1.48. The fourth-order valence-electron chi connectivity index (χ4n) is 1.48. The lowest BCUT2D eigenvalue weighted by Gasteiger charge is -2.01. The van der Waals surface area contributed by atoms with Gasteiger partial charge in [0, 0.05) is 12.6 Å². The summed E-state index contributed by atoms with van der Waals surface area (Å²) in [6.45, 7) is 1.78. The lowest BCUT2D eigenvalue weighted by molar-refractivity contribution is 0.0988. The number of carbonyl (C=O) groups is 1. The Kier molecular flexibility index (Phi) is 3.05. The summed E-state index contributed by atoms with van der Waals surface area (Å²) in [7, 11) is 0. The van der Waals surface area contributed by atoms with Crippen molar-refractivity contribution < 1.29 is 4.79 Å². The van der Waals surface area contributed by atoms with Crippen molar-refractivity contribution in [3.63, 3.8) is 0 Å². The van der Waals surface area contributed by atoms with Gasteiger partial charge in [-0.2, -0.15) is 0 Å². The van der Waals surface area contributed by atoms with Crippen LogP contribution in [0.4, 0.5) is 0 Å². The summed E-state index contributed by atoms with van der Waals surface area (Å²) < 4.78 is 0. The van der Waals surface area contributed by atoms with Crippen molar-refractivity contribution in [3.8, 4) is 0 Å². The van der Waals surface area contributed by atoms with Crippen LogP contribution < -0.4 is 0 Å². The number of benzene rings is 1. The number of ketones is 1. The Morgan fingerprint density at radius 2 is 1.94 bits per heavy atom. The van der Waals surface area contributed by atoms with Gasteiger partial charge in [-0.3, -0.25) is 4.79 Å². The Hall–Kier alpha value is -2.03. The van der Waals surface area contributed by atoms with Crippen molar-refractivity contribution in [1.29, 1.82) is 0 Å². The Balaban J connectivity index is 2.15. The summed E-state index contributed by atoms with van der Waals surface area (Å²) >= 11 is 0. The average molecular weight is 212 g/mol. The molecular weight excluding hydrogens is 200 g/mol. The molecule has 0 saturated carbocycles. The highest BCUT2D eigenvalue weighted by molar-refractivity contribution is 5.95. The van der Waals surface area contributed by atoms with Gasteiger partial charge in [0.15, 0.2) is 5.78 Å². The van der Waals surface area contributed by atoms with Gasteiger partial charge in [-0.25, -0.2) is 9.97 Å². The number of nitrogens with zero attached hydrogens (tertiary/aromatic N) is 2. The van der Waals surface area contributed by atoms with E-state index >= 15 is 0 Å². The van der Waals surface area contributed by atoms with Gasteiger partial charge in [0.05, 0.1) is 0 Å². The summed E-state index contributed by atoms with van der Waals surface area (Å²) in [6.07, 6.45) is 2.00. The number of Topliss-reactive ketones (excluding diaryl/α,β-unsaturated/α-hetero) is 1. The molecule has 16 heavy (non-hydrogen) atoms. The Labute approximate surface area is 94.2 Å². The van der Waals surface area contributed by atoms with Crippen LogP contribution in [0.2, 0.25) is 0 Å². The molecule has 0 unspecified atom stereocenters. The zero-order valence-electron chi connectivity index (χ0n) is 9.05. The standard InChI is InChI=1S/C13H12N2O/c1-10-14-8-7-12(15-10)13(16)9-11-5-3-2-4-6-11/h2-8H,9H2,1H3. The van der Waals surface area contributed by atoms with Gasteiger partial charge >= 0.3 is 0 Å². The SMILES string of the molecule is Cc1nccc(C(=O)Cc2ccccc2)n1. The number of carbonyl (C=O) groups excluding carboxylic acids is 1. The molecule has 0 spiro atoms. The van der Waals surface area contributed by atoms with E-state index in [4.69, 9.17) is 0 Å². The molecule has 2 rings (SSSR count). The molecule has 1 aromatic carbocycles. The summed E-state index contributed by atoms with van der Waals surface area (Å²) in [6, 6.07) is 11.3. The summed E-state index contributed by atoms with van der Waals surface area (Å²) in [5.74, 6) is 0.649. The van der Waals surface area contributed by atoms with Crippen molar-refractivity contribution in [3.05, 3.63) is 59.7 Å². The maximum Gasteiger partial charge on any atom is 0.185 e. The zero-order valence-corrected chi connectivity index (χ0v) is 9.05. The molecular formula is C13H12N2O. The van der Waals surface area contributed by atoms with Gasteiger partial charge in [0.2, 0.25) is 0 Å². The van der Waals surface area contributed by atoms with Crippen molar-refractivity contribution >= 4 is 5.78 Å². The summed E-state index contributed by atoms with van der Waals surface area (Å²) in [4.78, 5) is 20.0. The molecule has 0 aliphatic heterocycles. The third-order valence-electron chi connectivity index (χ3n) is 2.27. The second-order valence-corrected chi connectivity index (χ2v) is 3.57. The van der Waals surface area contributed by atoms with Crippen molar-refractivity contribution in [2.45, 2.75) is 13.3 Å². The molecule has 3 nitrogen and oxygen atoms in total. The average Bonchev–Trinajstić information content (AvgIpc) is 2.30. The minimum absolute atomic E-state index is 0.0247. The fraction of sp³-hybridized carbons (Fsp3) is 0.154. The molecule has 0 radical (unpaired) electrons. The number of aromatic nitrogens is 2. The van der Waals surface area contributed by atoms with Crippen LogP contribution in [-0.2, 0) is 6.42 Å². The van der Waals surface area contributed by atoms with E-state index in [1.807, 2.05) is 30.3 Å². The topological polar surface area (TPSA) is 42.9 Å². The molecule has 80 valence electrons. The first kappa shape index (κ1) is 10.5. The molecule has 0 aliphatic rings. The lowest BCUT2D eigenvalue weighted by Crippen LogP contribution is -2.07. The highest BCUT2D eigenvalue weighted by Crippen LogP contribution is 2.05. The highest BCUT2D eigenvalue weighted by atomic mass is 16.1. The highest BCUT2D eigenvalue weighted by Gasteiger charge is 2.08. The van der Waals surface area contributed by atoms with E-state index in [1.165, 1.54) is 0 Å². The lowest BCUT2D eigenvalue weighted by atomic mass is 10.1. The quantitative estimate of drug-likeness (QED) is 0.732. The van der Waals surface area contributed by atoms with E-state index in [2.05, 4.69) is 9.97 Å². The molecule has 0 saturated heterocycles. The molecule has 0 aliphatic carbocycles. The van der Waals surface area contributed by atoms with E-state index < -0.39 is 0 Å². The number of hydrogen-bond donors (Lipinski definition) is 0. The Morgan fingerprint density at radius 1 is 1.19 bits per heavy atom. The molecule has 2 aromatic rings. The van der Waals surface area contributed by atoms with Crippen LogP contribution in [0.25, 0.3) is 0 Å². The normalized spacial score (nSPS) is 10.1. The second kappa shape index (κ2) is 4.66. The van der Waals surface area contributed by atoms with Gasteiger partial charge < -0.3 is 0 Å². The van der Waals surface area contributed by atoms with Crippen LogP contribution in [-0.4, -0.2) is 15.8 Å². The van der Waals surface area contributed by atoms with Crippen LogP contribution in [0.1, 0.15) is 21.9 Å². The summed E-state index contributed by atoms with van der Waals surface area (Å²) in [5, 5.41) is 0. The molecule has 3 heteroatoms. The first-order valence-corrected chi connectivity index (χ1v) is 5.12. The van der Waals surface area contributed by atoms with Gasteiger partial charge in [-0.05, 0) is 18.6 Å². The van der Waals surface area contributed by atoms with E-state index in [0.29, 0.717) is 17.9 Å². The molecule has 0 atom stereocenters. The van der Waals surface area contributed by atoms with Crippen LogP contribution in [0.5, 0.6) is 0 Å². The van der Waals surface area contributed by atoms with Crippen LogP contribution in [0, 0.1) is 6.92 Å². The second-order valence-electron chi connectivity index (χ2n) is 3.57. The molecule has 1 aromatic heterocycles. The number of aryl methyl sites for hydroxylation is 1. The van der Waals surface area contributed by atoms with Gasteiger partial charge in [-0.1, -0.05) is 30.3 Å².